The Morgan fingerprint density at radius 1 is 0.741 bits per heavy atom. The van der Waals surface area contributed by atoms with E-state index < -0.39 is 91.5 Å². The molecule has 16 heteroatoms. The minimum atomic E-state index is -2.60. The van der Waals surface area contributed by atoms with E-state index in [1.807, 2.05) is 120 Å². The lowest BCUT2D eigenvalue weighted by molar-refractivity contribution is -0.400. The summed E-state index contributed by atoms with van der Waals surface area (Å²) in [5, 5.41) is 0. The van der Waals surface area contributed by atoms with Gasteiger partial charge in [-0.25, -0.2) is 9.59 Å². The van der Waals surface area contributed by atoms with Crippen LogP contribution in [0.4, 0.5) is 9.59 Å². The van der Waals surface area contributed by atoms with Gasteiger partial charge >= 0.3 is 12.2 Å². The summed E-state index contributed by atoms with van der Waals surface area (Å²) >= 11 is 0. The van der Waals surface area contributed by atoms with Crippen LogP contribution >= 0.6 is 0 Å². The fourth-order valence-electron chi connectivity index (χ4n) is 7.44. The average Bonchev–Trinajstić information content (AvgIpc) is 3.13. The Labute approximate surface area is 346 Å². The van der Waals surface area contributed by atoms with E-state index in [4.69, 9.17) is 37.0 Å². The van der Waals surface area contributed by atoms with Crippen molar-refractivity contribution in [2.24, 2.45) is 0 Å². The van der Waals surface area contributed by atoms with Crippen LogP contribution in [0.1, 0.15) is 24.0 Å². The second-order valence-electron chi connectivity index (χ2n) is 18.0. The first-order chi connectivity index (χ1) is 27.1. The molecule has 1 aliphatic carbocycles. The van der Waals surface area contributed by atoms with Gasteiger partial charge in [0.1, 0.15) is 31.2 Å². The smallest absolute Gasteiger partial charge is 0.410 e. The van der Waals surface area contributed by atoms with E-state index in [1.54, 1.807) is 20.2 Å². The van der Waals surface area contributed by atoms with Gasteiger partial charge in [-0.05, 0) is 76.5 Å². The van der Waals surface area contributed by atoms with Crippen LogP contribution in [-0.2, 0) is 55.0 Å². The van der Waals surface area contributed by atoms with E-state index in [-0.39, 0.29) is 13.2 Å². The standard InChI is InChI=1S/C42H62N2O11Si3/c1-13-14-25-31-26-32(45)42(55-58(10,11)12)39(50-31)51-38-36(52-42)33(43(2)40(46)48-27-29-21-17-15-18-22-29)35(53-56(4,5)6)34(37(38)54-57(7,8)9)44(3)41(47)49-28-30-23-19-16-20-24-30/h13,15-24,26,33-39H,1,14,25,27-28H2,2-12H3/t33-,34+,35+,36+,37-,38-,39-,42+/m0/s1. The molecule has 1 saturated heterocycles. The van der Waals surface area contributed by atoms with E-state index in [2.05, 4.69) is 6.58 Å². The summed E-state index contributed by atoms with van der Waals surface area (Å²) in [4.78, 5) is 45.9. The lowest BCUT2D eigenvalue weighted by Gasteiger charge is -2.60. The van der Waals surface area contributed by atoms with Gasteiger partial charge in [-0.2, -0.15) is 0 Å². The molecular weight excluding hydrogens is 793 g/mol. The van der Waals surface area contributed by atoms with Crippen molar-refractivity contribution in [2.75, 3.05) is 14.1 Å². The summed E-state index contributed by atoms with van der Waals surface area (Å²) in [5.74, 6) is -2.08. The van der Waals surface area contributed by atoms with Gasteiger partial charge in [0, 0.05) is 26.6 Å². The number of fused-ring (bicyclic) bond motifs is 2. The summed E-state index contributed by atoms with van der Waals surface area (Å²) in [5.41, 5.74) is 1.62. The van der Waals surface area contributed by atoms with Gasteiger partial charge in [-0.15, -0.1) is 6.58 Å². The maximum absolute atomic E-state index is 14.5. The van der Waals surface area contributed by atoms with Crippen LogP contribution < -0.4 is 0 Å². The number of hydrogen-bond acceptors (Lipinski definition) is 11. The normalized spacial score (nSPS) is 27.3. The molecule has 2 heterocycles. The third kappa shape index (κ3) is 11.1. The molecule has 13 nitrogen and oxygen atoms in total. The Bertz CT molecular complexity index is 1780. The maximum Gasteiger partial charge on any atom is 0.410 e. The van der Waals surface area contributed by atoms with Gasteiger partial charge in [0.15, 0.2) is 25.0 Å². The highest BCUT2D eigenvalue weighted by atomic mass is 28.4. The lowest BCUT2D eigenvalue weighted by Crippen LogP contribution is -2.80. The van der Waals surface area contributed by atoms with Crippen molar-refractivity contribution in [3.05, 3.63) is 96.3 Å². The molecule has 0 radical (unpaired) electrons. The van der Waals surface area contributed by atoms with Crippen molar-refractivity contribution >= 4 is 42.9 Å². The third-order valence-electron chi connectivity index (χ3n) is 9.70. The first-order valence-electron chi connectivity index (χ1n) is 19.9. The summed E-state index contributed by atoms with van der Waals surface area (Å²) < 4.78 is 53.2. The number of ketones is 1. The molecule has 0 aromatic heterocycles. The summed E-state index contributed by atoms with van der Waals surface area (Å²) in [6.07, 6.45) is -2.45. The fourth-order valence-corrected chi connectivity index (χ4v) is 10.8. The van der Waals surface area contributed by atoms with Crippen LogP contribution in [0.25, 0.3) is 0 Å². The Balaban J connectivity index is 1.67. The highest BCUT2D eigenvalue weighted by Gasteiger charge is 2.68. The van der Waals surface area contributed by atoms with Crippen molar-refractivity contribution in [3.8, 4) is 0 Å². The van der Waals surface area contributed by atoms with Gasteiger partial charge in [0.25, 0.3) is 12.1 Å². The van der Waals surface area contributed by atoms with E-state index in [1.165, 1.54) is 15.9 Å². The van der Waals surface area contributed by atoms with Crippen molar-refractivity contribution in [3.63, 3.8) is 0 Å². The van der Waals surface area contributed by atoms with Gasteiger partial charge < -0.3 is 46.8 Å². The zero-order chi connectivity index (χ0) is 42.6. The average molecular weight is 855 g/mol. The van der Waals surface area contributed by atoms with Crippen LogP contribution in [0.5, 0.6) is 0 Å². The van der Waals surface area contributed by atoms with Gasteiger partial charge in [-0.3, -0.25) is 4.79 Å². The topological polar surface area (TPSA) is 132 Å². The molecule has 58 heavy (non-hydrogen) atoms. The van der Waals surface area contributed by atoms with Crippen LogP contribution in [0.2, 0.25) is 58.9 Å². The number of hydrogen-bond donors (Lipinski definition) is 0. The molecule has 2 aromatic rings. The number of benzene rings is 2. The van der Waals surface area contributed by atoms with Crippen molar-refractivity contribution in [1.82, 2.24) is 9.80 Å². The van der Waals surface area contributed by atoms with Crippen LogP contribution in [0, 0.1) is 0 Å². The van der Waals surface area contributed by atoms with E-state index in [0.29, 0.717) is 18.6 Å². The minimum Gasteiger partial charge on any atom is -0.463 e. The minimum absolute atomic E-state index is 0.00753. The molecule has 0 unspecified atom stereocenters. The second-order valence-corrected chi connectivity index (χ2v) is 31.3. The van der Waals surface area contributed by atoms with Crippen LogP contribution in [-0.4, -0.2) is 115 Å². The highest BCUT2D eigenvalue weighted by molar-refractivity contribution is 6.70. The monoisotopic (exact) mass is 854 g/mol. The number of allylic oxidation sites excluding steroid dienone is 2. The maximum atomic E-state index is 14.5. The molecule has 0 bridgehead atoms. The molecule has 2 aliphatic heterocycles. The molecule has 0 spiro atoms. The summed E-state index contributed by atoms with van der Waals surface area (Å²) in [6.45, 7) is 21.9. The lowest BCUT2D eigenvalue weighted by atomic mass is 9.78. The number of amides is 2. The van der Waals surface area contributed by atoms with Crippen molar-refractivity contribution in [1.29, 1.82) is 0 Å². The fraction of sp³-hybridized carbons (Fsp3) is 0.548. The number of likely N-dealkylation sites (N-methyl/N-ethyl adjacent to an activating group) is 2. The second kappa shape index (κ2) is 18.3. The van der Waals surface area contributed by atoms with E-state index >= 15 is 0 Å². The van der Waals surface area contributed by atoms with Crippen LogP contribution in [0.3, 0.4) is 0 Å². The van der Waals surface area contributed by atoms with Gasteiger partial charge in [-0.1, -0.05) is 66.7 Å². The molecule has 5 rings (SSSR count). The van der Waals surface area contributed by atoms with Crippen LogP contribution in [0.15, 0.2) is 85.2 Å². The third-order valence-corrected chi connectivity index (χ3v) is 12.6. The molecule has 3 aliphatic rings. The van der Waals surface area contributed by atoms with E-state index in [9.17, 15) is 14.4 Å². The molecule has 0 N–H and O–H groups in total. The number of carbonyl (C=O) groups excluding carboxylic acids is 3. The van der Waals surface area contributed by atoms with Gasteiger partial charge in [0.05, 0.1) is 24.3 Å². The molecule has 1 saturated carbocycles. The Morgan fingerprint density at radius 2 is 1.24 bits per heavy atom. The number of carbonyl (C=O) groups is 3. The van der Waals surface area contributed by atoms with Crippen molar-refractivity contribution < 1.29 is 51.3 Å². The molecule has 318 valence electrons. The van der Waals surface area contributed by atoms with E-state index in [0.717, 1.165) is 11.1 Å². The number of rotatable bonds is 15. The first kappa shape index (κ1) is 45.5. The first-order valence-corrected chi connectivity index (χ1v) is 30.1. The Hall–Kier alpha value is -3.62. The molecule has 2 fully saturated rings. The Kier molecular flexibility index (Phi) is 14.4. The zero-order valence-electron chi connectivity index (χ0n) is 35.9. The molecule has 2 amide bonds. The summed E-state index contributed by atoms with van der Waals surface area (Å²) in [7, 11) is -4.37. The van der Waals surface area contributed by atoms with Gasteiger partial charge in [0.2, 0.25) is 5.78 Å². The zero-order valence-corrected chi connectivity index (χ0v) is 38.9. The largest absolute Gasteiger partial charge is 0.463 e. The predicted molar refractivity (Wildman–Crippen MR) is 227 cm³/mol. The predicted octanol–water partition coefficient (Wildman–Crippen LogP) is 7.82. The quantitative estimate of drug-likeness (QED) is 0.128. The SMILES string of the molecule is C=CCCC1=CC(=O)[C@]2(O[Si](C)(C)C)O[C@H]3[C@H](O[C@@H]2O1)[C@@H](O[Si](C)(C)C)[C@H](N(C)C(=O)OCc1ccccc1)[C@H](O[Si](C)(C)C)[C@@H]3N(C)C(=O)OCc1ccccc1. The Morgan fingerprint density at radius 3 is 1.72 bits per heavy atom. The molecular formula is C42H62N2O11Si3. The molecule has 2 aromatic carbocycles. The molecule has 8 atom stereocenters. The number of nitrogens with zero attached hydrogens (tertiary/aromatic N) is 2. The summed E-state index contributed by atoms with van der Waals surface area (Å²) in [6, 6.07) is 16.9. The number of ether oxygens (including phenoxy) is 5. The van der Waals surface area contributed by atoms with Crippen molar-refractivity contribution in [2.45, 2.75) is 134 Å². The highest BCUT2D eigenvalue weighted by Crippen LogP contribution is 2.47.